The summed E-state index contributed by atoms with van der Waals surface area (Å²) in [5.41, 5.74) is 1.02. The van der Waals surface area contributed by atoms with Crippen LogP contribution in [0.2, 0.25) is 0 Å². The molecule has 0 saturated carbocycles. The Hall–Kier alpha value is -0.910. The van der Waals surface area contributed by atoms with E-state index in [1.165, 1.54) is 0 Å². The van der Waals surface area contributed by atoms with Gasteiger partial charge in [-0.25, -0.2) is 0 Å². The highest BCUT2D eigenvalue weighted by Gasteiger charge is 2.14. The zero-order chi connectivity index (χ0) is 15.7. The Morgan fingerprint density at radius 1 is 1.10 bits per heavy atom. The SMILES string of the molecule is CCC(C)COCCCCOS(=O)(=O)c1ccc(C)cc1. The van der Waals surface area contributed by atoms with Gasteiger partial charge in [0.05, 0.1) is 11.5 Å². The fourth-order valence-electron chi connectivity index (χ4n) is 1.65. The number of ether oxygens (including phenoxy) is 1. The van der Waals surface area contributed by atoms with Crippen LogP contribution in [0.4, 0.5) is 0 Å². The molecular weight excluding hydrogens is 288 g/mol. The van der Waals surface area contributed by atoms with Crippen LogP contribution in [0, 0.1) is 12.8 Å². The van der Waals surface area contributed by atoms with Gasteiger partial charge in [-0.2, -0.15) is 8.42 Å². The molecular formula is C16H26O4S. The quantitative estimate of drug-likeness (QED) is 0.489. The normalized spacial score (nSPS) is 13.3. The van der Waals surface area contributed by atoms with Gasteiger partial charge in [-0.05, 0) is 37.8 Å². The lowest BCUT2D eigenvalue weighted by molar-refractivity contribution is 0.0979. The molecule has 0 fully saturated rings. The first-order valence-corrected chi connectivity index (χ1v) is 8.90. The van der Waals surface area contributed by atoms with Crippen molar-refractivity contribution in [2.75, 3.05) is 19.8 Å². The van der Waals surface area contributed by atoms with Crippen molar-refractivity contribution in [2.45, 2.75) is 44.9 Å². The third kappa shape index (κ3) is 7.07. The van der Waals surface area contributed by atoms with Crippen LogP contribution in [-0.2, 0) is 19.0 Å². The molecule has 0 aromatic heterocycles. The Balaban J connectivity index is 2.21. The highest BCUT2D eigenvalue weighted by molar-refractivity contribution is 7.86. The van der Waals surface area contributed by atoms with Crippen LogP contribution in [0.5, 0.6) is 0 Å². The third-order valence-electron chi connectivity index (χ3n) is 3.33. The summed E-state index contributed by atoms with van der Waals surface area (Å²) < 4.78 is 34.3. The maximum absolute atomic E-state index is 11.9. The zero-order valence-electron chi connectivity index (χ0n) is 13.2. The molecule has 4 nitrogen and oxygen atoms in total. The molecule has 1 atom stereocenters. The Kier molecular flexibility index (Phi) is 7.93. The Morgan fingerprint density at radius 3 is 2.33 bits per heavy atom. The number of rotatable bonds is 10. The first-order valence-electron chi connectivity index (χ1n) is 7.49. The summed E-state index contributed by atoms with van der Waals surface area (Å²) in [6, 6.07) is 6.66. The predicted octanol–water partition coefficient (Wildman–Crippen LogP) is 3.54. The smallest absolute Gasteiger partial charge is 0.296 e. The van der Waals surface area contributed by atoms with Crippen molar-refractivity contribution < 1.29 is 17.3 Å². The first-order chi connectivity index (χ1) is 9.95. The monoisotopic (exact) mass is 314 g/mol. The molecule has 0 amide bonds. The van der Waals surface area contributed by atoms with Crippen molar-refractivity contribution in [1.82, 2.24) is 0 Å². The molecule has 0 aliphatic heterocycles. The molecule has 1 aromatic rings. The van der Waals surface area contributed by atoms with Crippen molar-refractivity contribution in [3.63, 3.8) is 0 Å². The maximum Gasteiger partial charge on any atom is 0.296 e. The number of hydrogen-bond donors (Lipinski definition) is 0. The highest BCUT2D eigenvalue weighted by Crippen LogP contribution is 2.13. The first kappa shape index (κ1) is 18.1. The molecule has 1 rings (SSSR count). The van der Waals surface area contributed by atoms with Gasteiger partial charge in [-0.1, -0.05) is 38.0 Å². The molecule has 120 valence electrons. The lowest BCUT2D eigenvalue weighted by atomic mass is 10.1. The summed E-state index contributed by atoms with van der Waals surface area (Å²) in [4.78, 5) is 0.209. The fourth-order valence-corrected chi connectivity index (χ4v) is 2.59. The van der Waals surface area contributed by atoms with Crippen LogP contribution in [0.25, 0.3) is 0 Å². The molecule has 0 aliphatic rings. The Labute approximate surface area is 128 Å². The minimum atomic E-state index is -3.63. The van der Waals surface area contributed by atoms with Gasteiger partial charge in [0.1, 0.15) is 0 Å². The van der Waals surface area contributed by atoms with E-state index in [9.17, 15) is 8.42 Å². The summed E-state index contributed by atoms with van der Waals surface area (Å²) in [6.07, 6.45) is 2.59. The van der Waals surface area contributed by atoms with E-state index in [-0.39, 0.29) is 11.5 Å². The summed E-state index contributed by atoms with van der Waals surface area (Å²) >= 11 is 0. The van der Waals surface area contributed by atoms with Gasteiger partial charge in [0.15, 0.2) is 0 Å². The average molecular weight is 314 g/mol. The van der Waals surface area contributed by atoms with Crippen LogP contribution in [0.1, 0.15) is 38.7 Å². The van der Waals surface area contributed by atoms with E-state index in [1.54, 1.807) is 24.3 Å². The second kappa shape index (κ2) is 9.18. The largest absolute Gasteiger partial charge is 0.381 e. The molecule has 0 saturated heterocycles. The molecule has 1 unspecified atom stereocenters. The van der Waals surface area contributed by atoms with Gasteiger partial charge in [-0.15, -0.1) is 0 Å². The van der Waals surface area contributed by atoms with Gasteiger partial charge < -0.3 is 4.74 Å². The van der Waals surface area contributed by atoms with Crippen molar-refractivity contribution in [1.29, 1.82) is 0 Å². The van der Waals surface area contributed by atoms with Crippen LogP contribution in [0.15, 0.2) is 29.2 Å². The standard InChI is InChI=1S/C16H26O4S/c1-4-14(2)13-19-11-5-6-12-20-21(17,18)16-9-7-15(3)8-10-16/h7-10,14H,4-6,11-13H2,1-3H3. The van der Waals surface area contributed by atoms with Crippen LogP contribution < -0.4 is 0 Å². The van der Waals surface area contributed by atoms with E-state index in [4.69, 9.17) is 8.92 Å². The second-order valence-electron chi connectivity index (χ2n) is 5.38. The molecule has 0 radical (unpaired) electrons. The summed E-state index contributed by atoms with van der Waals surface area (Å²) in [5.74, 6) is 0.572. The summed E-state index contributed by atoms with van der Waals surface area (Å²) in [5, 5.41) is 0. The van der Waals surface area contributed by atoms with Crippen molar-refractivity contribution in [3.8, 4) is 0 Å². The lowest BCUT2D eigenvalue weighted by Crippen LogP contribution is -2.09. The predicted molar refractivity (Wildman–Crippen MR) is 83.8 cm³/mol. The van der Waals surface area contributed by atoms with Crippen LogP contribution >= 0.6 is 0 Å². The van der Waals surface area contributed by atoms with Gasteiger partial charge >= 0.3 is 0 Å². The van der Waals surface area contributed by atoms with Gasteiger partial charge in [0.2, 0.25) is 0 Å². The van der Waals surface area contributed by atoms with Gasteiger partial charge in [0, 0.05) is 13.2 Å². The molecule has 5 heteroatoms. The topological polar surface area (TPSA) is 52.6 Å². The molecule has 0 N–H and O–H groups in total. The zero-order valence-corrected chi connectivity index (χ0v) is 14.0. The average Bonchev–Trinajstić information content (AvgIpc) is 2.46. The molecule has 21 heavy (non-hydrogen) atoms. The van der Waals surface area contributed by atoms with Gasteiger partial charge in [0.25, 0.3) is 10.1 Å². The molecule has 0 spiro atoms. The Morgan fingerprint density at radius 2 is 1.71 bits per heavy atom. The Bertz CT molecular complexity index is 494. The van der Waals surface area contributed by atoms with Crippen molar-refractivity contribution in [3.05, 3.63) is 29.8 Å². The maximum atomic E-state index is 11.9. The third-order valence-corrected chi connectivity index (χ3v) is 4.66. The number of benzene rings is 1. The summed E-state index contributed by atoms with van der Waals surface area (Å²) in [7, 11) is -3.63. The van der Waals surface area contributed by atoms with E-state index >= 15 is 0 Å². The van der Waals surface area contributed by atoms with E-state index < -0.39 is 10.1 Å². The number of hydrogen-bond acceptors (Lipinski definition) is 4. The molecule has 0 heterocycles. The number of unbranched alkanes of at least 4 members (excludes halogenated alkanes) is 1. The lowest BCUT2D eigenvalue weighted by Gasteiger charge is -2.09. The van der Waals surface area contributed by atoms with E-state index in [2.05, 4.69) is 13.8 Å². The van der Waals surface area contributed by atoms with Crippen LogP contribution in [-0.4, -0.2) is 28.2 Å². The minimum Gasteiger partial charge on any atom is -0.381 e. The van der Waals surface area contributed by atoms with E-state index in [0.29, 0.717) is 18.9 Å². The number of aryl methyl sites for hydroxylation is 1. The highest BCUT2D eigenvalue weighted by atomic mass is 32.2. The second-order valence-corrected chi connectivity index (χ2v) is 7.00. The van der Waals surface area contributed by atoms with E-state index in [1.807, 2.05) is 6.92 Å². The van der Waals surface area contributed by atoms with Gasteiger partial charge in [-0.3, -0.25) is 4.18 Å². The van der Waals surface area contributed by atoms with Crippen molar-refractivity contribution in [2.24, 2.45) is 5.92 Å². The fraction of sp³-hybridized carbons (Fsp3) is 0.625. The molecule has 0 aliphatic carbocycles. The van der Waals surface area contributed by atoms with E-state index in [0.717, 1.165) is 25.0 Å². The minimum absolute atomic E-state index is 0.197. The van der Waals surface area contributed by atoms with Crippen molar-refractivity contribution >= 4 is 10.1 Å². The molecule has 0 bridgehead atoms. The summed E-state index contributed by atoms with van der Waals surface area (Å²) in [6.45, 7) is 7.81. The van der Waals surface area contributed by atoms with Crippen LogP contribution in [0.3, 0.4) is 0 Å². The molecule has 1 aromatic carbocycles.